The van der Waals surface area contributed by atoms with Gasteiger partial charge in [-0.25, -0.2) is 0 Å². The summed E-state index contributed by atoms with van der Waals surface area (Å²) in [6.07, 6.45) is 1.57. The second-order valence-electron chi connectivity index (χ2n) is 7.34. The Morgan fingerprint density at radius 3 is 2.55 bits per heavy atom. The van der Waals surface area contributed by atoms with Crippen molar-refractivity contribution in [2.75, 3.05) is 19.6 Å². The van der Waals surface area contributed by atoms with Gasteiger partial charge in [0.2, 0.25) is 5.91 Å². The van der Waals surface area contributed by atoms with Gasteiger partial charge in [0.05, 0.1) is 16.7 Å². The molecule has 2 aromatic carbocycles. The smallest absolute Gasteiger partial charge is 0.269 e. The first-order chi connectivity index (χ1) is 15.1. The van der Waals surface area contributed by atoms with Crippen LogP contribution in [-0.2, 0) is 4.79 Å². The number of carbonyl (C=O) groups is 2. The number of nitrogens with one attached hydrogen (secondary N) is 2. The van der Waals surface area contributed by atoms with Crippen molar-refractivity contribution in [3.63, 3.8) is 0 Å². The van der Waals surface area contributed by atoms with Gasteiger partial charge in [0.1, 0.15) is 17.5 Å². The van der Waals surface area contributed by atoms with Crippen LogP contribution in [0.25, 0.3) is 11.3 Å². The van der Waals surface area contributed by atoms with Crippen LogP contribution in [0.15, 0.2) is 65.1 Å². The van der Waals surface area contributed by atoms with E-state index in [2.05, 4.69) is 31.4 Å². The second kappa shape index (κ2) is 9.78. The zero-order valence-electron chi connectivity index (χ0n) is 16.9. The number of ether oxygens (including phenoxy) is 1. The fourth-order valence-corrected chi connectivity index (χ4v) is 3.88. The Morgan fingerprint density at radius 1 is 1.10 bits per heavy atom. The molecular weight excluding hydrogens is 460 g/mol. The maximum absolute atomic E-state index is 12.5. The van der Waals surface area contributed by atoms with Gasteiger partial charge in [-0.15, -0.1) is 0 Å². The van der Waals surface area contributed by atoms with E-state index in [1.807, 2.05) is 54.6 Å². The van der Waals surface area contributed by atoms with Gasteiger partial charge in [-0.1, -0.05) is 42.5 Å². The van der Waals surface area contributed by atoms with Crippen molar-refractivity contribution in [1.82, 2.24) is 20.4 Å². The van der Waals surface area contributed by atoms with Crippen LogP contribution in [0.5, 0.6) is 5.75 Å². The van der Waals surface area contributed by atoms with Crippen molar-refractivity contribution in [3.05, 3.63) is 70.8 Å². The van der Waals surface area contributed by atoms with E-state index in [9.17, 15) is 9.59 Å². The Labute approximate surface area is 188 Å². The number of rotatable bonds is 6. The number of para-hydroxylation sites is 1. The van der Waals surface area contributed by atoms with E-state index in [4.69, 9.17) is 4.74 Å². The van der Waals surface area contributed by atoms with E-state index < -0.39 is 0 Å². The molecule has 0 unspecified atom stereocenters. The summed E-state index contributed by atoms with van der Waals surface area (Å²) >= 11 is 3.49. The SMILES string of the molecule is O=C(NCC(=O)N1CCC(Oc2ccccc2Br)CC1)c1cc(-c2ccccc2)n[nH]1. The number of benzene rings is 2. The van der Waals surface area contributed by atoms with Crippen molar-refractivity contribution in [1.29, 1.82) is 0 Å². The first-order valence-corrected chi connectivity index (χ1v) is 11.0. The van der Waals surface area contributed by atoms with Crippen LogP contribution in [0.3, 0.4) is 0 Å². The van der Waals surface area contributed by atoms with Gasteiger partial charge in [-0.2, -0.15) is 5.10 Å². The predicted octanol–water partition coefficient (Wildman–Crippen LogP) is 3.64. The number of carbonyl (C=O) groups excluding carboxylic acids is 2. The Bertz CT molecular complexity index is 1050. The number of nitrogens with zero attached hydrogens (tertiary/aromatic N) is 2. The minimum atomic E-state index is -0.352. The lowest BCUT2D eigenvalue weighted by Gasteiger charge is -2.32. The van der Waals surface area contributed by atoms with E-state index in [-0.39, 0.29) is 24.5 Å². The number of likely N-dealkylation sites (tertiary alicyclic amines) is 1. The van der Waals surface area contributed by atoms with Crippen molar-refractivity contribution in [3.8, 4) is 17.0 Å². The van der Waals surface area contributed by atoms with Crippen LogP contribution in [0.2, 0.25) is 0 Å². The first kappa shape index (κ1) is 21.1. The van der Waals surface area contributed by atoms with Crippen LogP contribution >= 0.6 is 15.9 Å². The molecule has 2 N–H and O–H groups in total. The number of halogens is 1. The van der Waals surface area contributed by atoms with E-state index in [1.165, 1.54) is 0 Å². The molecule has 1 aliphatic rings. The molecule has 0 spiro atoms. The molecule has 1 saturated heterocycles. The molecular formula is C23H23BrN4O3. The summed E-state index contributed by atoms with van der Waals surface area (Å²) < 4.78 is 6.97. The Kier molecular flexibility index (Phi) is 6.66. The fraction of sp³-hybridized carbons (Fsp3) is 0.261. The van der Waals surface area contributed by atoms with E-state index in [1.54, 1.807) is 11.0 Å². The highest BCUT2D eigenvalue weighted by molar-refractivity contribution is 9.10. The van der Waals surface area contributed by atoms with Gasteiger partial charge in [-0.3, -0.25) is 14.7 Å². The molecule has 1 aliphatic heterocycles. The number of hydrogen-bond donors (Lipinski definition) is 2. The summed E-state index contributed by atoms with van der Waals surface area (Å²) in [5, 5.41) is 9.59. The maximum Gasteiger partial charge on any atom is 0.269 e. The van der Waals surface area contributed by atoms with Crippen LogP contribution in [0.4, 0.5) is 0 Å². The zero-order valence-corrected chi connectivity index (χ0v) is 18.5. The van der Waals surface area contributed by atoms with Crippen LogP contribution in [0, 0.1) is 0 Å². The average Bonchev–Trinajstić information content (AvgIpc) is 3.30. The van der Waals surface area contributed by atoms with Crippen LogP contribution in [-0.4, -0.2) is 52.6 Å². The number of amides is 2. The highest BCUT2D eigenvalue weighted by Crippen LogP contribution is 2.27. The average molecular weight is 483 g/mol. The number of piperidine rings is 1. The van der Waals surface area contributed by atoms with E-state index in [0.717, 1.165) is 28.6 Å². The molecule has 4 rings (SSSR count). The third-order valence-corrected chi connectivity index (χ3v) is 5.87. The maximum atomic E-state index is 12.5. The molecule has 3 aromatic rings. The lowest BCUT2D eigenvalue weighted by molar-refractivity contribution is -0.131. The molecule has 31 heavy (non-hydrogen) atoms. The molecule has 7 nitrogen and oxygen atoms in total. The Balaban J connectivity index is 1.24. The normalized spacial score (nSPS) is 14.3. The highest BCUT2D eigenvalue weighted by Gasteiger charge is 2.24. The topological polar surface area (TPSA) is 87.3 Å². The molecule has 0 radical (unpaired) electrons. The van der Waals surface area contributed by atoms with Gasteiger partial charge in [0.25, 0.3) is 5.91 Å². The minimum absolute atomic E-state index is 0.0473. The van der Waals surface area contributed by atoms with Crippen molar-refractivity contribution in [2.45, 2.75) is 18.9 Å². The third kappa shape index (κ3) is 5.32. The monoisotopic (exact) mass is 482 g/mol. The molecule has 8 heteroatoms. The van der Waals surface area contributed by atoms with Gasteiger partial charge < -0.3 is 15.0 Å². The highest BCUT2D eigenvalue weighted by atomic mass is 79.9. The number of aromatic amines is 1. The van der Waals surface area contributed by atoms with Crippen LogP contribution in [0.1, 0.15) is 23.3 Å². The summed E-state index contributed by atoms with van der Waals surface area (Å²) in [6.45, 7) is 1.16. The van der Waals surface area contributed by atoms with Gasteiger partial charge >= 0.3 is 0 Å². The third-order valence-electron chi connectivity index (χ3n) is 5.22. The van der Waals surface area contributed by atoms with E-state index in [0.29, 0.717) is 24.5 Å². The largest absolute Gasteiger partial charge is 0.489 e. The van der Waals surface area contributed by atoms with Crippen molar-refractivity contribution < 1.29 is 14.3 Å². The molecule has 160 valence electrons. The zero-order chi connectivity index (χ0) is 21.6. The minimum Gasteiger partial charge on any atom is -0.489 e. The fourth-order valence-electron chi connectivity index (χ4n) is 3.50. The predicted molar refractivity (Wildman–Crippen MR) is 121 cm³/mol. The quantitative estimate of drug-likeness (QED) is 0.561. The molecule has 1 aromatic heterocycles. The number of H-pyrrole nitrogens is 1. The molecule has 2 heterocycles. The van der Waals surface area contributed by atoms with E-state index >= 15 is 0 Å². The number of hydrogen-bond acceptors (Lipinski definition) is 4. The van der Waals surface area contributed by atoms with Gasteiger partial charge in [-0.05, 0) is 34.1 Å². The van der Waals surface area contributed by atoms with Crippen LogP contribution < -0.4 is 10.1 Å². The molecule has 1 fully saturated rings. The summed E-state index contributed by atoms with van der Waals surface area (Å²) in [6, 6.07) is 19.0. The molecule has 0 atom stereocenters. The van der Waals surface area contributed by atoms with Crippen molar-refractivity contribution in [2.24, 2.45) is 0 Å². The Morgan fingerprint density at radius 2 is 1.81 bits per heavy atom. The summed E-state index contributed by atoms with van der Waals surface area (Å²) in [4.78, 5) is 26.7. The lowest BCUT2D eigenvalue weighted by atomic mass is 10.1. The Hall–Kier alpha value is -3.13. The molecule has 0 saturated carbocycles. The van der Waals surface area contributed by atoms with Crippen molar-refractivity contribution >= 4 is 27.7 Å². The number of aromatic nitrogens is 2. The second-order valence-corrected chi connectivity index (χ2v) is 8.20. The molecule has 2 amide bonds. The lowest BCUT2D eigenvalue weighted by Crippen LogP contribution is -2.46. The standard InChI is InChI=1S/C23H23BrN4O3/c24-18-8-4-5-9-21(18)31-17-10-12-28(13-11-17)22(29)15-25-23(30)20-14-19(26-27-20)16-6-2-1-3-7-16/h1-9,14,17H,10-13,15H2,(H,25,30)(H,26,27). The first-order valence-electron chi connectivity index (χ1n) is 10.2. The van der Waals surface area contributed by atoms with Gasteiger partial charge in [0.15, 0.2) is 0 Å². The van der Waals surface area contributed by atoms with Gasteiger partial charge in [0, 0.05) is 31.5 Å². The molecule has 0 aliphatic carbocycles. The summed E-state index contributed by atoms with van der Waals surface area (Å²) in [5.41, 5.74) is 1.93. The summed E-state index contributed by atoms with van der Waals surface area (Å²) in [7, 11) is 0. The molecule has 0 bridgehead atoms. The summed E-state index contributed by atoms with van der Waals surface area (Å²) in [5.74, 6) is 0.361.